The molecule has 0 bridgehead atoms. The van der Waals surface area contributed by atoms with Crippen LogP contribution in [0, 0.1) is 0 Å². The first-order chi connectivity index (χ1) is 9.40. The van der Waals surface area contributed by atoms with Crippen molar-refractivity contribution in [3.8, 4) is 5.75 Å². The fraction of sp³-hybridized carbons (Fsp3) is 0.647. The van der Waals surface area contributed by atoms with E-state index in [9.17, 15) is 0 Å². The predicted octanol–water partition coefficient (Wildman–Crippen LogP) is 3.05. The lowest BCUT2D eigenvalue weighted by molar-refractivity contribution is 0.0170. The maximum absolute atomic E-state index is 5.50. The highest BCUT2D eigenvalue weighted by molar-refractivity contribution is 5.33. The van der Waals surface area contributed by atoms with E-state index in [1.807, 2.05) is 12.1 Å². The molecule has 1 aromatic carbocycles. The number of rotatable bonds is 4. The number of nitrogens with one attached hydrogen (secondary N) is 1. The lowest BCUT2D eigenvalue weighted by Crippen LogP contribution is -2.66. The van der Waals surface area contributed by atoms with Crippen LogP contribution in [0.4, 0.5) is 0 Å². The van der Waals surface area contributed by atoms with Crippen LogP contribution >= 0.6 is 0 Å². The minimum atomic E-state index is 0.163. The summed E-state index contributed by atoms with van der Waals surface area (Å²) in [5, 5.41) is 3.67. The molecule has 0 saturated carbocycles. The molecule has 1 saturated heterocycles. The van der Waals surface area contributed by atoms with Crippen LogP contribution < -0.4 is 10.1 Å². The molecule has 0 aliphatic carbocycles. The monoisotopic (exact) mass is 276 g/mol. The molecule has 1 unspecified atom stereocenters. The molecule has 0 amide bonds. The molecular weight excluding hydrogens is 248 g/mol. The van der Waals surface area contributed by atoms with Crippen LogP contribution in [0.25, 0.3) is 0 Å². The topological polar surface area (TPSA) is 24.5 Å². The van der Waals surface area contributed by atoms with E-state index >= 15 is 0 Å². The van der Waals surface area contributed by atoms with Gasteiger partial charge < -0.3 is 10.1 Å². The van der Waals surface area contributed by atoms with Crippen LogP contribution in [0.3, 0.4) is 0 Å². The van der Waals surface area contributed by atoms with Gasteiger partial charge in [-0.25, -0.2) is 0 Å². The quantitative estimate of drug-likeness (QED) is 0.915. The molecule has 1 fully saturated rings. The summed E-state index contributed by atoms with van der Waals surface area (Å²) in [7, 11) is 1.75. The van der Waals surface area contributed by atoms with Crippen LogP contribution in [0.1, 0.15) is 39.7 Å². The van der Waals surface area contributed by atoms with Gasteiger partial charge in [0.15, 0.2) is 0 Å². The van der Waals surface area contributed by atoms with Gasteiger partial charge in [-0.3, -0.25) is 4.90 Å². The van der Waals surface area contributed by atoms with E-state index in [0.29, 0.717) is 0 Å². The lowest BCUT2D eigenvalue weighted by atomic mass is 9.87. The van der Waals surface area contributed by atoms with Crippen molar-refractivity contribution in [2.24, 2.45) is 0 Å². The highest BCUT2D eigenvalue weighted by atomic mass is 16.5. The van der Waals surface area contributed by atoms with Crippen molar-refractivity contribution in [3.63, 3.8) is 0 Å². The molecule has 20 heavy (non-hydrogen) atoms. The maximum Gasteiger partial charge on any atom is 0.123 e. The number of nitrogens with zero attached hydrogens (tertiary/aromatic N) is 1. The average molecular weight is 276 g/mol. The number of hydrogen-bond acceptors (Lipinski definition) is 3. The van der Waals surface area contributed by atoms with Gasteiger partial charge in [-0.05, 0) is 33.3 Å². The molecule has 112 valence electrons. The van der Waals surface area contributed by atoms with Gasteiger partial charge in [-0.1, -0.05) is 25.1 Å². The Morgan fingerprint density at radius 3 is 2.60 bits per heavy atom. The number of benzene rings is 1. The SMILES string of the molecule is CCC1(C)CNC(C)(C)CN1Cc1ccccc1OC. The molecule has 1 atom stereocenters. The second-order valence-corrected chi connectivity index (χ2v) is 6.76. The van der Waals surface area contributed by atoms with Crippen LogP contribution in [-0.2, 0) is 6.54 Å². The molecule has 1 aliphatic rings. The normalized spacial score (nSPS) is 26.4. The van der Waals surface area contributed by atoms with Crippen molar-refractivity contribution in [1.29, 1.82) is 0 Å². The van der Waals surface area contributed by atoms with Crippen LogP contribution in [0.5, 0.6) is 5.75 Å². The van der Waals surface area contributed by atoms with E-state index in [2.05, 4.69) is 50.0 Å². The Balaban J connectivity index is 2.23. The standard InChI is InChI=1S/C17H28N2O/c1-6-17(4)12-18-16(2,3)13-19(17)11-14-9-7-8-10-15(14)20-5/h7-10,18H,6,11-13H2,1-5H3. The third-order valence-electron chi connectivity index (χ3n) is 4.61. The zero-order chi connectivity index (χ0) is 14.8. The Bertz CT molecular complexity index is 458. The summed E-state index contributed by atoms with van der Waals surface area (Å²) in [4.78, 5) is 2.60. The van der Waals surface area contributed by atoms with Crippen molar-refractivity contribution in [1.82, 2.24) is 10.2 Å². The summed E-state index contributed by atoms with van der Waals surface area (Å²) >= 11 is 0. The maximum atomic E-state index is 5.50. The molecule has 1 aromatic rings. The van der Waals surface area contributed by atoms with Gasteiger partial charge in [0.1, 0.15) is 5.75 Å². The van der Waals surface area contributed by atoms with Gasteiger partial charge in [-0.2, -0.15) is 0 Å². The minimum absolute atomic E-state index is 0.163. The molecule has 0 spiro atoms. The molecule has 1 N–H and O–H groups in total. The molecule has 0 radical (unpaired) electrons. The molecule has 2 rings (SSSR count). The average Bonchev–Trinajstić information content (AvgIpc) is 2.43. The molecule has 3 heteroatoms. The summed E-state index contributed by atoms with van der Waals surface area (Å²) in [5.74, 6) is 0.988. The van der Waals surface area contributed by atoms with Crippen molar-refractivity contribution >= 4 is 0 Å². The lowest BCUT2D eigenvalue weighted by Gasteiger charge is -2.51. The fourth-order valence-electron chi connectivity index (χ4n) is 2.90. The molecule has 0 aromatic heterocycles. The van der Waals surface area contributed by atoms with E-state index in [4.69, 9.17) is 4.74 Å². The Hall–Kier alpha value is -1.06. The van der Waals surface area contributed by atoms with Crippen LogP contribution in [-0.4, -0.2) is 36.2 Å². The summed E-state index contributed by atoms with van der Waals surface area (Å²) < 4.78 is 5.50. The zero-order valence-corrected chi connectivity index (χ0v) is 13.5. The summed E-state index contributed by atoms with van der Waals surface area (Å²) in [6, 6.07) is 8.34. The van der Waals surface area contributed by atoms with Gasteiger partial charge in [0.05, 0.1) is 7.11 Å². The fourth-order valence-corrected chi connectivity index (χ4v) is 2.90. The van der Waals surface area contributed by atoms with Gasteiger partial charge in [0.2, 0.25) is 0 Å². The first-order valence-corrected chi connectivity index (χ1v) is 7.52. The Labute approximate surface area is 123 Å². The molecule has 3 nitrogen and oxygen atoms in total. The number of piperazine rings is 1. The number of methoxy groups -OCH3 is 1. The Morgan fingerprint density at radius 1 is 1.25 bits per heavy atom. The smallest absolute Gasteiger partial charge is 0.123 e. The Morgan fingerprint density at radius 2 is 1.95 bits per heavy atom. The van der Waals surface area contributed by atoms with Gasteiger partial charge in [0.25, 0.3) is 0 Å². The van der Waals surface area contributed by atoms with E-state index in [-0.39, 0.29) is 11.1 Å². The van der Waals surface area contributed by atoms with Gasteiger partial charge in [-0.15, -0.1) is 0 Å². The van der Waals surface area contributed by atoms with E-state index < -0.39 is 0 Å². The first-order valence-electron chi connectivity index (χ1n) is 7.52. The summed E-state index contributed by atoms with van der Waals surface area (Å²) in [6.07, 6.45) is 1.14. The highest BCUT2D eigenvalue weighted by Crippen LogP contribution is 2.30. The van der Waals surface area contributed by atoms with Crippen LogP contribution in [0.15, 0.2) is 24.3 Å². The third kappa shape index (κ3) is 3.15. The Kier molecular flexibility index (Phi) is 4.40. The number of para-hydroxylation sites is 1. The van der Waals surface area contributed by atoms with E-state index in [0.717, 1.165) is 31.8 Å². The summed E-state index contributed by atoms with van der Waals surface area (Å²) in [6.45, 7) is 12.2. The number of hydrogen-bond donors (Lipinski definition) is 1. The minimum Gasteiger partial charge on any atom is -0.496 e. The van der Waals surface area contributed by atoms with Crippen LogP contribution in [0.2, 0.25) is 0 Å². The van der Waals surface area contributed by atoms with Gasteiger partial charge in [0, 0.05) is 36.3 Å². The van der Waals surface area contributed by atoms with Crippen molar-refractivity contribution in [2.75, 3.05) is 20.2 Å². The van der Waals surface area contributed by atoms with E-state index in [1.165, 1.54) is 5.56 Å². The molecule has 1 aliphatic heterocycles. The third-order valence-corrected chi connectivity index (χ3v) is 4.61. The summed E-state index contributed by atoms with van der Waals surface area (Å²) in [5.41, 5.74) is 1.64. The molecule has 1 heterocycles. The highest BCUT2D eigenvalue weighted by Gasteiger charge is 2.39. The largest absolute Gasteiger partial charge is 0.496 e. The van der Waals surface area contributed by atoms with E-state index in [1.54, 1.807) is 7.11 Å². The second kappa shape index (κ2) is 5.74. The zero-order valence-electron chi connectivity index (χ0n) is 13.5. The van der Waals surface area contributed by atoms with Gasteiger partial charge >= 0.3 is 0 Å². The van der Waals surface area contributed by atoms with Crippen molar-refractivity contribution in [3.05, 3.63) is 29.8 Å². The molecular formula is C17H28N2O. The second-order valence-electron chi connectivity index (χ2n) is 6.76. The number of ether oxygens (including phenoxy) is 1. The first kappa shape index (κ1) is 15.3. The predicted molar refractivity (Wildman–Crippen MR) is 84.2 cm³/mol. The van der Waals surface area contributed by atoms with Crippen molar-refractivity contribution in [2.45, 2.75) is 51.7 Å². The van der Waals surface area contributed by atoms with Crippen molar-refractivity contribution < 1.29 is 4.74 Å².